The van der Waals surface area contributed by atoms with E-state index in [1.807, 2.05) is 0 Å². The number of alkyl halides is 3. The molecule has 4 nitrogen and oxygen atoms in total. The number of carbonyl (C=O) groups excluding carboxylic acids is 2. The Hall–Kier alpha value is -2.01. The minimum Gasteiger partial charge on any atom is -0.465 e. The number of carbonyl (C=O) groups is 2. The van der Waals surface area contributed by atoms with Gasteiger partial charge < -0.3 is 4.74 Å². The summed E-state index contributed by atoms with van der Waals surface area (Å²) in [6.45, 7) is 0. The molecule has 0 amide bonds. The number of ether oxygens (including phenoxy) is 1. The van der Waals surface area contributed by atoms with Crippen LogP contribution < -0.4 is 0 Å². The molecule has 0 aliphatic heterocycles. The highest BCUT2D eigenvalue weighted by Gasteiger charge is 2.31. The van der Waals surface area contributed by atoms with E-state index in [1.165, 1.54) is 0 Å². The molecule has 0 aromatic heterocycles. The van der Waals surface area contributed by atoms with Crippen molar-refractivity contribution in [3.05, 3.63) is 28.8 Å². The SMILES string of the molecule is COC(=O)c1cc(C#N)c(SC(F)(F)F)cc1C=O. The predicted molar refractivity (Wildman–Crippen MR) is 59.8 cm³/mol. The molecule has 0 fully saturated rings. The van der Waals surface area contributed by atoms with Crippen molar-refractivity contribution in [3.63, 3.8) is 0 Å². The van der Waals surface area contributed by atoms with Crippen molar-refractivity contribution in [3.8, 4) is 6.07 Å². The Morgan fingerprint density at radius 2 is 2.11 bits per heavy atom. The molecule has 8 heteroatoms. The lowest BCUT2D eigenvalue weighted by atomic mass is 10.1. The molecular weight excluding hydrogens is 283 g/mol. The summed E-state index contributed by atoms with van der Waals surface area (Å²) in [4.78, 5) is 21.7. The molecule has 0 unspecified atom stereocenters. The maximum absolute atomic E-state index is 12.3. The van der Waals surface area contributed by atoms with Crippen LogP contribution in [0.5, 0.6) is 0 Å². The Morgan fingerprint density at radius 3 is 2.53 bits per heavy atom. The number of nitrogens with zero attached hydrogens (tertiary/aromatic N) is 1. The van der Waals surface area contributed by atoms with Crippen LogP contribution in [-0.2, 0) is 4.74 Å². The van der Waals surface area contributed by atoms with Gasteiger partial charge in [-0.1, -0.05) is 0 Å². The predicted octanol–water partition coefficient (Wildman–Crippen LogP) is 2.77. The largest absolute Gasteiger partial charge is 0.465 e. The van der Waals surface area contributed by atoms with Gasteiger partial charge in [-0.05, 0) is 23.9 Å². The Kier molecular flexibility index (Phi) is 4.56. The van der Waals surface area contributed by atoms with Crippen LogP contribution in [0.1, 0.15) is 26.3 Å². The van der Waals surface area contributed by atoms with Crippen LogP contribution >= 0.6 is 11.8 Å². The second-order valence-electron chi connectivity index (χ2n) is 3.20. The molecule has 0 bridgehead atoms. The van der Waals surface area contributed by atoms with Crippen LogP contribution in [0.25, 0.3) is 0 Å². The number of methoxy groups -OCH3 is 1. The van der Waals surface area contributed by atoms with Gasteiger partial charge in [0.15, 0.2) is 6.29 Å². The zero-order valence-corrected chi connectivity index (χ0v) is 10.3. The van der Waals surface area contributed by atoms with E-state index in [9.17, 15) is 22.8 Å². The van der Waals surface area contributed by atoms with Gasteiger partial charge in [-0.25, -0.2) is 4.79 Å². The van der Waals surface area contributed by atoms with Gasteiger partial charge in [0.1, 0.15) is 6.07 Å². The smallest absolute Gasteiger partial charge is 0.446 e. The quantitative estimate of drug-likeness (QED) is 0.486. The van der Waals surface area contributed by atoms with Crippen LogP contribution in [0, 0.1) is 11.3 Å². The van der Waals surface area contributed by atoms with Crippen LogP contribution in [0.2, 0.25) is 0 Å². The van der Waals surface area contributed by atoms with Crippen LogP contribution in [-0.4, -0.2) is 24.9 Å². The maximum atomic E-state index is 12.3. The normalized spacial score (nSPS) is 10.7. The lowest BCUT2D eigenvalue weighted by Gasteiger charge is -2.10. The minimum atomic E-state index is -4.60. The number of halogens is 3. The number of hydrogen-bond donors (Lipinski definition) is 0. The van der Waals surface area contributed by atoms with Crippen molar-refractivity contribution < 1.29 is 27.5 Å². The summed E-state index contributed by atoms with van der Waals surface area (Å²) < 4.78 is 41.3. The van der Waals surface area contributed by atoms with E-state index in [0.717, 1.165) is 19.2 Å². The van der Waals surface area contributed by atoms with Gasteiger partial charge in [-0.15, -0.1) is 0 Å². The van der Waals surface area contributed by atoms with Crippen molar-refractivity contribution in [2.75, 3.05) is 7.11 Å². The third kappa shape index (κ3) is 3.72. The molecule has 1 aromatic rings. The molecule has 0 spiro atoms. The lowest BCUT2D eigenvalue weighted by Crippen LogP contribution is -2.08. The number of esters is 1. The van der Waals surface area contributed by atoms with Crippen molar-refractivity contribution in [2.24, 2.45) is 0 Å². The summed E-state index contributed by atoms with van der Waals surface area (Å²) in [6, 6.07) is 3.29. The van der Waals surface area contributed by atoms with Crippen LogP contribution in [0.4, 0.5) is 13.2 Å². The van der Waals surface area contributed by atoms with Gasteiger partial charge in [0.05, 0.1) is 18.2 Å². The van der Waals surface area contributed by atoms with E-state index in [4.69, 9.17) is 5.26 Å². The molecule has 19 heavy (non-hydrogen) atoms. The molecule has 1 aromatic carbocycles. The van der Waals surface area contributed by atoms with Crippen molar-refractivity contribution in [2.45, 2.75) is 10.4 Å². The fourth-order valence-corrected chi connectivity index (χ4v) is 1.93. The van der Waals surface area contributed by atoms with Gasteiger partial charge in [0, 0.05) is 10.5 Å². The lowest BCUT2D eigenvalue weighted by molar-refractivity contribution is -0.0328. The topological polar surface area (TPSA) is 67.2 Å². The number of hydrogen-bond acceptors (Lipinski definition) is 5. The Morgan fingerprint density at radius 1 is 1.47 bits per heavy atom. The zero-order chi connectivity index (χ0) is 14.6. The fourth-order valence-electron chi connectivity index (χ4n) is 1.28. The first-order valence-corrected chi connectivity index (χ1v) is 5.51. The summed E-state index contributed by atoms with van der Waals surface area (Å²) in [7, 11) is 1.06. The van der Waals surface area contributed by atoms with E-state index < -0.39 is 28.1 Å². The average Bonchev–Trinajstić information content (AvgIpc) is 2.35. The van der Waals surface area contributed by atoms with Crippen LogP contribution in [0.3, 0.4) is 0 Å². The van der Waals surface area contributed by atoms with Crippen molar-refractivity contribution in [1.29, 1.82) is 5.26 Å². The molecule has 0 aliphatic rings. The third-order valence-corrected chi connectivity index (χ3v) is 2.82. The highest BCUT2D eigenvalue weighted by atomic mass is 32.2. The summed E-state index contributed by atoms with van der Waals surface area (Å²) in [5.74, 6) is -0.901. The van der Waals surface area contributed by atoms with E-state index >= 15 is 0 Å². The van der Waals surface area contributed by atoms with E-state index in [0.29, 0.717) is 0 Å². The number of thioether (sulfide) groups is 1. The van der Waals surface area contributed by atoms with Gasteiger partial charge >= 0.3 is 11.5 Å². The van der Waals surface area contributed by atoms with E-state index in [2.05, 4.69) is 4.74 Å². The minimum absolute atomic E-state index is 0.230. The highest BCUT2D eigenvalue weighted by molar-refractivity contribution is 8.00. The van der Waals surface area contributed by atoms with Gasteiger partial charge in [0.25, 0.3) is 0 Å². The fraction of sp³-hybridized carbons (Fsp3) is 0.182. The highest BCUT2D eigenvalue weighted by Crippen LogP contribution is 2.39. The van der Waals surface area contributed by atoms with Gasteiger partial charge in [-0.2, -0.15) is 18.4 Å². The maximum Gasteiger partial charge on any atom is 0.446 e. The first-order valence-electron chi connectivity index (χ1n) is 4.69. The van der Waals surface area contributed by atoms with Crippen molar-refractivity contribution >= 4 is 24.0 Å². The molecule has 100 valence electrons. The molecule has 0 radical (unpaired) electrons. The second kappa shape index (κ2) is 5.75. The number of rotatable bonds is 3. The third-order valence-electron chi connectivity index (χ3n) is 2.03. The number of aldehydes is 1. The summed E-state index contributed by atoms with van der Waals surface area (Å²) in [5, 5.41) is 8.79. The van der Waals surface area contributed by atoms with Gasteiger partial charge in [0.2, 0.25) is 0 Å². The summed E-state index contributed by atoms with van der Waals surface area (Å²) in [6.07, 6.45) is 0.230. The van der Waals surface area contributed by atoms with E-state index in [-0.39, 0.29) is 23.0 Å². The van der Waals surface area contributed by atoms with E-state index in [1.54, 1.807) is 6.07 Å². The number of benzene rings is 1. The van der Waals surface area contributed by atoms with Crippen LogP contribution in [0.15, 0.2) is 17.0 Å². The van der Waals surface area contributed by atoms with Crippen molar-refractivity contribution in [1.82, 2.24) is 0 Å². The number of nitriles is 1. The Bertz CT molecular complexity index is 564. The molecule has 0 aliphatic carbocycles. The molecular formula is C11H6F3NO3S. The molecule has 0 saturated heterocycles. The summed E-state index contributed by atoms with van der Waals surface area (Å²) in [5.41, 5.74) is -5.47. The Labute approximate surface area is 110 Å². The average molecular weight is 289 g/mol. The molecule has 0 N–H and O–H groups in total. The first kappa shape index (κ1) is 15.0. The molecule has 1 rings (SSSR count). The molecule has 0 saturated carbocycles. The monoisotopic (exact) mass is 289 g/mol. The molecule has 0 atom stereocenters. The standard InChI is InChI=1S/C11H6F3NO3S/c1-18-10(17)8-2-6(4-15)9(3-7(8)5-16)19-11(12,13)14/h2-3,5H,1H3. The Balaban J connectivity index is 3.40. The van der Waals surface area contributed by atoms with Gasteiger partial charge in [-0.3, -0.25) is 4.79 Å². The molecule has 0 heterocycles. The second-order valence-corrected chi connectivity index (χ2v) is 4.31. The summed E-state index contributed by atoms with van der Waals surface area (Å²) >= 11 is -0.524. The first-order chi connectivity index (χ1) is 8.82. The zero-order valence-electron chi connectivity index (χ0n) is 9.45.